The number of thiazole rings is 1. The molecule has 3 aromatic rings. The molecule has 1 fully saturated rings. The maximum Gasteiger partial charge on any atom is 0.271 e. The molecule has 0 aliphatic carbocycles. The summed E-state index contributed by atoms with van der Waals surface area (Å²) >= 11 is 7.51. The van der Waals surface area contributed by atoms with Gasteiger partial charge in [-0.3, -0.25) is 18.9 Å². The number of nitrogens with one attached hydrogen (secondary N) is 1. The van der Waals surface area contributed by atoms with E-state index in [4.69, 9.17) is 11.6 Å². The minimum absolute atomic E-state index is 0.0714. The van der Waals surface area contributed by atoms with Crippen molar-refractivity contribution in [3.05, 3.63) is 62.5 Å². The van der Waals surface area contributed by atoms with Crippen LogP contribution in [0.5, 0.6) is 0 Å². The van der Waals surface area contributed by atoms with Crippen molar-refractivity contribution in [2.75, 3.05) is 44.2 Å². The van der Waals surface area contributed by atoms with Crippen LogP contribution in [0.3, 0.4) is 0 Å². The minimum Gasteiger partial charge on any atom is -0.369 e. The zero-order valence-electron chi connectivity index (χ0n) is 16.1. The molecule has 29 heavy (non-hydrogen) atoms. The number of hydrogen-bond donors (Lipinski definition) is 1. The number of halogens is 1. The van der Waals surface area contributed by atoms with Crippen molar-refractivity contribution in [2.24, 2.45) is 0 Å². The van der Waals surface area contributed by atoms with Gasteiger partial charge in [-0.15, -0.1) is 11.3 Å². The molecule has 0 radical (unpaired) electrons. The summed E-state index contributed by atoms with van der Waals surface area (Å²) in [5, 5.41) is 5.37. The van der Waals surface area contributed by atoms with E-state index in [1.54, 1.807) is 11.6 Å². The Hall–Kier alpha value is -2.42. The van der Waals surface area contributed by atoms with Crippen molar-refractivity contribution in [2.45, 2.75) is 6.92 Å². The average Bonchev–Trinajstić information content (AvgIpc) is 3.20. The molecule has 1 aromatic carbocycles. The second-order valence-corrected chi connectivity index (χ2v) is 8.36. The van der Waals surface area contributed by atoms with E-state index in [1.165, 1.54) is 33.2 Å². The number of benzene rings is 1. The van der Waals surface area contributed by atoms with Gasteiger partial charge in [-0.2, -0.15) is 0 Å². The first-order chi connectivity index (χ1) is 14.0. The van der Waals surface area contributed by atoms with E-state index in [2.05, 4.69) is 27.0 Å². The summed E-state index contributed by atoms with van der Waals surface area (Å²) in [7, 11) is 0. The molecule has 1 aliphatic rings. The Morgan fingerprint density at radius 1 is 1.28 bits per heavy atom. The molecule has 0 spiro atoms. The number of aromatic nitrogens is 2. The van der Waals surface area contributed by atoms with Gasteiger partial charge in [0.1, 0.15) is 5.56 Å². The standard InChI is InChI=1S/C20H22ClN5O2S/c1-14-2-3-15(21)12-17(14)25-8-6-24(7-9-25)5-4-22-18(27)16-13-23-20-26(19(16)28)10-11-29-20/h2-3,10-13H,4-9H2,1H3,(H,22,27). The van der Waals surface area contributed by atoms with E-state index in [9.17, 15) is 9.59 Å². The van der Waals surface area contributed by atoms with Crippen molar-refractivity contribution >= 4 is 39.5 Å². The van der Waals surface area contributed by atoms with Gasteiger partial charge in [0.05, 0.1) is 0 Å². The minimum atomic E-state index is -0.378. The van der Waals surface area contributed by atoms with Crippen LogP contribution in [0.4, 0.5) is 5.69 Å². The summed E-state index contributed by atoms with van der Waals surface area (Å²) in [6.07, 6.45) is 2.99. The summed E-state index contributed by atoms with van der Waals surface area (Å²) in [6, 6.07) is 5.98. The smallest absolute Gasteiger partial charge is 0.271 e. The Bertz CT molecular complexity index is 1090. The molecular weight excluding hydrogens is 410 g/mol. The topological polar surface area (TPSA) is 69.9 Å². The first-order valence-corrected chi connectivity index (χ1v) is 10.8. The molecule has 9 heteroatoms. The third-order valence-electron chi connectivity index (χ3n) is 5.19. The molecule has 1 aliphatic heterocycles. The lowest BCUT2D eigenvalue weighted by molar-refractivity contribution is 0.0945. The van der Waals surface area contributed by atoms with Gasteiger partial charge >= 0.3 is 0 Å². The summed E-state index contributed by atoms with van der Waals surface area (Å²) in [5.41, 5.74) is 2.14. The Morgan fingerprint density at radius 2 is 2.07 bits per heavy atom. The molecule has 1 amide bonds. The second-order valence-electron chi connectivity index (χ2n) is 7.05. The Kier molecular flexibility index (Phi) is 5.84. The number of piperazine rings is 1. The highest BCUT2D eigenvalue weighted by Crippen LogP contribution is 2.25. The van der Waals surface area contributed by atoms with Crippen molar-refractivity contribution in [3.63, 3.8) is 0 Å². The van der Waals surface area contributed by atoms with Crippen LogP contribution in [0, 0.1) is 6.92 Å². The summed E-state index contributed by atoms with van der Waals surface area (Å²) < 4.78 is 1.40. The first-order valence-electron chi connectivity index (χ1n) is 9.49. The van der Waals surface area contributed by atoms with E-state index < -0.39 is 0 Å². The highest BCUT2D eigenvalue weighted by molar-refractivity contribution is 7.15. The van der Waals surface area contributed by atoms with E-state index >= 15 is 0 Å². The third-order valence-corrected chi connectivity index (χ3v) is 6.19. The van der Waals surface area contributed by atoms with Crippen LogP contribution in [0.15, 0.2) is 40.8 Å². The molecule has 4 rings (SSSR count). The van der Waals surface area contributed by atoms with Crippen LogP contribution in [0.2, 0.25) is 5.02 Å². The van der Waals surface area contributed by atoms with E-state index in [1.807, 2.05) is 18.2 Å². The first kappa shape index (κ1) is 19.9. The number of aryl methyl sites for hydroxylation is 1. The Balaban J connectivity index is 1.28. The Morgan fingerprint density at radius 3 is 2.86 bits per heavy atom. The fourth-order valence-electron chi connectivity index (χ4n) is 3.54. The van der Waals surface area contributed by atoms with Gasteiger partial charge < -0.3 is 10.2 Å². The number of nitrogens with zero attached hydrogens (tertiary/aromatic N) is 4. The fourth-order valence-corrected chi connectivity index (χ4v) is 4.38. The highest BCUT2D eigenvalue weighted by atomic mass is 35.5. The van der Waals surface area contributed by atoms with Crippen LogP contribution in [0.1, 0.15) is 15.9 Å². The molecule has 0 saturated carbocycles. The van der Waals surface area contributed by atoms with Crippen molar-refractivity contribution in [1.82, 2.24) is 19.6 Å². The number of rotatable bonds is 5. The van der Waals surface area contributed by atoms with Crippen LogP contribution in [0.25, 0.3) is 4.96 Å². The van der Waals surface area contributed by atoms with Crippen LogP contribution in [-0.4, -0.2) is 59.5 Å². The predicted octanol–water partition coefficient (Wildman–Crippen LogP) is 2.27. The SMILES string of the molecule is Cc1ccc(Cl)cc1N1CCN(CCNC(=O)c2cnc3sccn3c2=O)CC1. The molecule has 152 valence electrons. The van der Waals surface area contributed by atoms with Crippen molar-refractivity contribution < 1.29 is 4.79 Å². The van der Waals surface area contributed by atoms with Crippen molar-refractivity contribution in [1.29, 1.82) is 0 Å². The molecule has 7 nitrogen and oxygen atoms in total. The second kappa shape index (κ2) is 8.52. The molecule has 1 saturated heterocycles. The number of anilines is 1. The monoisotopic (exact) mass is 431 g/mol. The molecular formula is C20H22ClN5O2S. The quantitative estimate of drug-likeness (QED) is 0.671. The lowest BCUT2D eigenvalue weighted by atomic mass is 10.1. The summed E-state index contributed by atoms with van der Waals surface area (Å²) in [5.74, 6) is -0.378. The zero-order valence-corrected chi connectivity index (χ0v) is 17.7. The van der Waals surface area contributed by atoms with Gasteiger partial charge in [-0.1, -0.05) is 17.7 Å². The highest BCUT2D eigenvalue weighted by Gasteiger charge is 2.19. The lowest BCUT2D eigenvalue weighted by Gasteiger charge is -2.36. The van der Waals surface area contributed by atoms with Crippen LogP contribution >= 0.6 is 22.9 Å². The van der Waals surface area contributed by atoms with Gasteiger partial charge in [0, 0.05) is 67.8 Å². The van der Waals surface area contributed by atoms with E-state index in [0.29, 0.717) is 11.5 Å². The van der Waals surface area contributed by atoms with E-state index in [0.717, 1.165) is 37.7 Å². The summed E-state index contributed by atoms with van der Waals surface area (Å²) in [4.78, 5) is 34.1. The fraction of sp³-hybridized carbons (Fsp3) is 0.350. The predicted molar refractivity (Wildman–Crippen MR) is 117 cm³/mol. The van der Waals surface area contributed by atoms with E-state index in [-0.39, 0.29) is 17.0 Å². The molecule has 1 N–H and O–H groups in total. The average molecular weight is 432 g/mol. The molecule has 0 unspecified atom stereocenters. The maximum absolute atomic E-state index is 12.4. The zero-order chi connectivity index (χ0) is 20.4. The number of carbonyl (C=O) groups is 1. The molecule has 0 atom stereocenters. The molecule has 3 heterocycles. The van der Waals surface area contributed by atoms with Gasteiger partial charge in [-0.25, -0.2) is 4.98 Å². The largest absolute Gasteiger partial charge is 0.369 e. The normalized spacial score (nSPS) is 15.0. The van der Waals surface area contributed by atoms with Crippen molar-refractivity contribution in [3.8, 4) is 0 Å². The van der Waals surface area contributed by atoms with Crippen LogP contribution < -0.4 is 15.8 Å². The van der Waals surface area contributed by atoms with Gasteiger partial charge in [0.25, 0.3) is 11.5 Å². The van der Waals surface area contributed by atoms with Gasteiger partial charge in [0.2, 0.25) is 0 Å². The number of fused-ring (bicyclic) bond motifs is 1. The van der Waals surface area contributed by atoms with Crippen LogP contribution in [-0.2, 0) is 0 Å². The number of hydrogen-bond acceptors (Lipinski definition) is 6. The Labute approximate surface area is 177 Å². The molecule has 2 aromatic heterocycles. The third kappa shape index (κ3) is 4.29. The van der Waals surface area contributed by atoms with Gasteiger partial charge in [0.15, 0.2) is 4.96 Å². The number of carbonyl (C=O) groups excluding carboxylic acids is 1. The maximum atomic E-state index is 12.4. The lowest BCUT2D eigenvalue weighted by Crippen LogP contribution is -2.48. The van der Waals surface area contributed by atoms with Gasteiger partial charge in [-0.05, 0) is 24.6 Å². The molecule has 0 bridgehead atoms. The summed E-state index contributed by atoms with van der Waals surface area (Å²) in [6.45, 7) is 6.97. The number of amides is 1.